The van der Waals surface area contributed by atoms with Gasteiger partial charge in [-0.25, -0.2) is 24.3 Å². The van der Waals surface area contributed by atoms with Gasteiger partial charge in [-0.1, -0.05) is 11.8 Å². The van der Waals surface area contributed by atoms with Crippen LogP contribution in [0.5, 0.6) is 0 Å². The molecule has 24 heavy (non-hydrogen) atoms. The number of aromatic nitrogens is 5. The Kier molecular flexibility index (Phi) is 4.03. The van der Waals surface area contributed by atoms with E-state index in [1.807, 2.05) is 6.26 Å². The summed E-state index contributed by atoms with van der Waals surface area (Å²) >= 11 is 3.17. The van der Waals surface area contributed by atoms with E-state index in [9.17, 15) is 4.39 Å². The Morgan fingerprint density at radius 2 is 2.21 bits per heavy atom. The molecule has 2 N–H and O–H groups in total. The Morgan fingerprint density at radius 1 is 1.29 bits per heavy atom. The Morgan fingerprint density at radius 3 is 3.08 bits per heavy atom. The Bertz CT molecular complexity index is 1010. The van der Waals surface area contributed by atoms with Crippen molar-refractivity contribution < 1.29 is 4.39 Å². The molecule has 9 heteroatoms. The molecular formula is C15H13FN6S2. The number of fused-ring (bicyclic) bond motifs is 2. The van der Waals surface area contributed by atoms with E-state index in [-0.39, 0.29) is 5.82 Å². The minimum Gasteiger partial charge on any atom is -0.368 e. The van der Waals surface area contributed by atoms with Gasteiger partial charge in [-0.15, -0.1) is 11.3 Å². The van der Waals surface area contributed by atoms with Gasteiger partial charge in [-0.2, -0.15) is 0 Å². The topological polar surface area (TPSA) is 79.4 Å². The lowest BCUT2D eigenvalue weighted by Gasteiger charge is -2.04. The Hall–Kier alpha value is -2.26. The lowest BCUT2D eigenvalue weighted by molar-refractivity contribution is 0.629. The third kappa shape index (κ3) is 2.92. The average Bonchev–Trinajstić information content (AvgIpc) is 3.17. The molecule has 0 saturated heterocycles. The first-order valence-corrected chi connectivity index (χ1v) is 9.30. The van der Waals surface area contributed by atoms with Crippen LogP contribution in [0.2, 0.25) is 0 Å². The largest absolute Gasteiger partial charge is 0.368 e. The van der Waals surface area contributed by atoms with Crippen molar-refractivity contribution in [1.29, 1.82) is 0 Å². The molecule has 0 aliphatic heterocycles. The number of H-pyrrole nitrogens is 1. The highest BCUT2D eigenvalue weighted by Crippen LogP contribution is 2.30. The van der Waals surface area contributed by atoms with Crippen LogP contribution in [0.15, 0.2) is 28.9 Å². The normalized spacial score (nSPS) is 11.4. The maximum Gasteiger partial charge on any atom is 0.176 e. The molecule has 0 atom stereocenters. The van der Waals surface area contributed by atoms with E-state index < -0.39 is 0 Å². The van der Waals surface area contributed by atoms with Gasteiger partial charge in [0.15, 0.2) is 9.99 Å². The van der Waals surface area contributed by atoms with Crippen LogP contribution in [0.1, 0.15) is 5.82 Å². The minimum absolute atomic E-state index is 0.269. The van der Waals surface area contributed by atoms with Gasteiger partial charge in [0, 0.05) is 13.0 Å². The fourth-order valence-corrected chi connectivity index (χ4v) is 3.88. The summed E-state index contributed by atoms with van der Waals surface area (Å²) in [6, 6.07) is 4.54. The van der Waals surface area contributed by atoms with Gasteiger partial charge >= 0.3 is 0 Å². The smallest absolute Gasteiger partial charge is 0.176 e. The van der Waals surface area contributed by atoms with Crippen LogP contribution in [0, 0.1) is 5.82 Å². The van der Waals surface area contributed by atoms with Crippen molar-refractivity contribution in [2.45, 2.75) is 10.8 Å². The van der Waals surface area contributed by atoms with Crippen molar-refractivity contribution in [3.05, 3.63) is 36.2 Å². The molecule has 122 valence electrons. The van der Waals surface area contributed by atoms with Crippen LogP contribution < -0.4 is 5.32 Å². The zero-order chi connectivity index (χ0) is 16.5. The molecule has 0 bridgehead atoms. The van der Waals surface area contributed by atoms with Crippen LogP contribution in [-0.2, 0) is 6.42 Å². The second-order valence-corrected chi connectivity index (χ2v) is 7.13. The van der Waals surface area contributed by atoms with Crippen molar-refractivity contribution in [3.63, 3.8) is 0 Å². The van der Waals surface area contributed by atoms with Crippen LogP contribution in [0.25, 0.3) is 21.4 Å². The van der Waals surface area contributed by atoms with E-state index >= 15 is 0 Å². The van der Waals surface area contributed by atoms with Crippen LogP contribution >= 0.6 is 23.1 Å². The quantitative estimate of drug-likeness (QED) is 0.531. The van der Waals surface area contributed by atoms with Crippen molar-refractivity contribution in [1.82, 2.24) is 24.9 Å². The first-order valence-electron chi connectivity index (χ1n) is 7.26. The highest BCUT2D eigenvalue weighted by Gasteiger charge is 2.10. The fourth-order valence-electron chi connectivity index (χ4n) is 2.40. The number of halogens is 1. The molecule has 0 unspecified atom stereocenters. The number of nitrogens with one attached hydrogen (secondary N) is 2. The molecule has 0 aliphatic carbocycles. The van der Waals surface area contributed by atoms with Gasteiger partial charge in [0.2, 0.25) is 0 Å². The number of thioether (sulfide) groups is 1. The first-order chi connectivity index (χ1) is 11.7. The SMILES string of the molecule is CSc1nc2ncnc(NCCc3nc4ccc(F)cc4[nH]3)c2s1. The molecule has 4 rings (SSSR count). The van der Waals surface area contributed by atoms with Gasteiger partial charge in [0.25, 0.3) is 0 Å². The van der Waals surface area contributed by atoms with E-state index in [0.29, 0.717) is 24.1 Å². The summed E-state index contributed by atoms with van der Waals surface area (Å²) in [5.41, 5.74) is 2.19. The van der Waals surface area contributed by atoms with Crippen molar-refractivity contribution in [2.24, 2.45) is 0 Å². The lowest BCUT2D eigenvalue weighted by Crippen LogP contribution is -2.07. The summed E-state index contributed by atoms with van der Waals surface area (Å²) in [6.45, 7) is 0.654. The number of imidazole rings is 1. The van der Waals surface area contributed by atoms with Crippen LogP contribution in [-0.4, -0.2) is 37.7 Å². The van der Waals surface area contributed by atoms with Crippen molar-refractivity contribution in [2.75, 3.05) is 18.1 Å². The summed E-state index contributed by atoms with van der Waals surface area (Å²) < 4.78 is 15.1. The summed E-state index contributed by atoms with van der Waals surface area (Å²) in [4.78, 5) is 20.5. The second-order valence-electron chi connectivity index (χ2n) is 5.08. The molecule has 0 fully saturated rings. The highest BCUT2D eigenvalue weighted by atomic mass is 32.2. The number of rotatable bonds is 5. The number of aromatic amines is 1. The number of nitrogens with zero attached hydrogens (tertiary/aromatic N) is 4. The summed E-state index contributed by atoms with van der Waals surface area (Å²) in [5.74, 6) is 1.32. The molecule has 3 aromatic heterocycles. The van der Waals surface area contributed by atoms with Gasteiger partial charge in [0.1, 0.15) is 28.5 Å². The molecule has 6 nitrogen and oxygen atoms in total. The van der Waals surface area contributed by atoms with Crippen molar-refractivity contribution in [3.8, 4) is 0 Å². The maximum atomic E-state index is 13.2. The maximum absolute atomic E-state index is 13.2. The number of hydrogen-bond acceptors (Lipinski definition) is 7. The van der Waals surface area contributed by atoms with E-state index in [4.69, 9.17) is 0 Å². The minimum atomic E-state index is -0.269. The average molecular weight is 360 g/mol. The highest BCUT2D eigenvalue weighted by molar-refractivity contribution is 8.00. The van der Waals surface area contributed by atoms with Gasteiger partial charge in [-0.05, 0) is 24.5 Å². The first kappa shape index (κ1) is 15.3. The number of thiazole rings is 1. The van der Waals surface area contributed by atoms with Crippen LogP contribution in [0.4, 0.5) is 10.2 Å². The molecule has 0 spiro atoms. The summed E-state index contributed by atoms with van der Waals surface area (Å²) in [6.07, 6.45) is 4.18. The molecule has 0 amide bonds. The molecule has 3 heterocycles. The number of hydrogen-bond donors (Lipinski definition) is 2. The Labute approximate surface area is 145 Å². The predicted molar refractivity (Wildman–Crippen MR) is 95.2 cm³/mol. The second kappa shape index (κ2) is 6.33. The van der Waals surface area contributed by atoms with Crippen LogP contribution in [0.3, 0.4) is 0 Å². The zero-order valence-corrected chi connectivity index (χ0v) is 14.3. The molecular weight excluding hydrogens is 347 g/mol. The van der Waals surface area contributed by atoms with E-state index in [2.05, 4.69) is 30.2 Å². The van der Waals surface area contributed by atoms with Gasteiger partial charge in [-0.3, -0.25) is 0 Å². The van der Waals surface area contributed by atoms with Gasteiger partial charge < -0.3 is 10.3 Å². The molecule has 0 saturated carbocycles. The number of benzene rings is 1. The fraction of sp³-hybridized carbons (Fsp3) is 0.200. The molecule has 0 aliphatic rings. The summed E-state index contributed by atoms with van der Waals surface area (Å²) in [7, 11) is 0. The standard InChI is InChI=1S/C15H13FN6S2/c1-23-15-22-14-12(24-15)13(18-7-19-14)17-5-4-11-20-9-3-2-8(16)6-10(9)21-11/h2-3,6-7H,4-5H2,1H3,(H,20,21)(H,17,18,19). The van der Waals surface area contributed by atoms with Gasteiger partial charge in [0.05, 0.1) is 11.0 Å². The van der Waals surface area contributed by atoms with E-state index in [0.717, 1.165) is 26.2 Å². The third-order valence-corrected chi connectivity index (χ3v) is 5.53. The van der Waals surface area contributed by atoms with E-state index in [1.165, 1.54) is 18.5 Å². The zero-order valence-electron chi connectivity index (χ0n) is 12.7. The van der Waals surface area contributed by atoms with Crippen molar-refractivity contribution >= 4 is 50.3 Å². The van der Waals surface area contributed by atoms with E-state index in [1.54, 1.807) is 29.2 Å². The molecule has 0 radical (unpaired) electrons. The number of anilines is 1. The Balaban J connectivity index is 1.49. The predicted octanol–water partition coefficient (Wildman–Crippen LogP) is 3.48. The lowest BCUT2D eigenvalue weighted by atomic mass is 10.3. The summed E-state index contributed by atoms with van der Waals surface area (Å²) in [5, 5.41) is 3.31. The third-order valence-electron chi connectivity index (χ3n) is 3.49. The molecule has 4 aromatic rings. The molecule has 1 aromatic carbocycles. The monoisotopic (exact) mass is 360 g/mol.